The van der Waals surface area contributed by atoms with Crippen molar-refractivity contribution in [3.63, 3.8) is 0 Å². The Labute approximate surface area is 162 Å². The summed E-state index contributed by atoms with van der Waals surface area (Å²) in [6, 6.07) is 6.88. The first-order valence-corrected chi connectivity index (χ1v) is 9.92. The van der Waals surface area contributed by atoms with Crippen LogP contribution in [-0.4, -0.2) is 44.4 Å². The van der Waals surface area contributed by atoms with Crippen LogP contribution in [0.4, 0.5) is 5.69 Å². The number of amides is 1. The second-order valence-electron chi connectivity index (χ2n) is 6.66. The van der Waals surface area contributed by atoms with E-state index in [1.54, 1.807) is 24.3 Å². The van der Waals surface area contributed by atoms with Crippen molar-refractivity contribution in [2.75, 3.05) is 11.9 Å². The number of aryl methyl sites for hydroxylation is 1. The molecule has 3 rings (SSSR count). The zero-order chi connectivity index (χ0) is 19.4. The van der Waals surface area contributed by atoms with Gasteiger partial charge in [-0.1, -0.05) is 11.8 Å². The lowest BCUT2D eigenvalue weighted by Crippen LogP contribution is -2.23. The zero-order valence-electron chi connectivity index (χ0n) is 15.8. The monoisotopic (exact) mass is 388 g/mol. The highest BCUT2D eigenvalue weighted by Crippen LogP contribution is 2.25. The minimum atomic E-state index is -0.343. The third-order valence-electron chi connectivity index (χ3n) is 4.52. The molecule has 1 aromatic heterocycles. The highest BCUT2D eigenvalue weighted by molar-refractivity contribution is 8.00. The van der Waals surface area contributed by atoms with Crippen LogP contribution in [0.2, 0.25) is 0 Å². The van der Waals surface area contributed by atoms with Crippen LogP contribution in [-0.2, 0) is 16.1 Å². The molecule has 1 fully saturated rings. The number of carbonyl (C=O) groups excluding carboxylic acids is 2. The summed E-state index contributed by atoms with van der Waals surface area (Å²) in [4.78, 5) is 23.9. The van der Waals surface area contributed by atoms with Crippen molar-refractivity contribution < 1.29 is 14.3 Å². The van der Waals surface area contributed by atoms with Gasteiger partial charge in [0.15, 0.2) is 10.9 Å². The number of anilines is 1. The van der Waals surface area contributed by atoms with E-state index in [9.17, 15) is 9.59 Å². The Balaban J connectivity index is 1.61. The predicted molar refractivity (Wildman–Crippen MR) is 104 cm³/mol. The van der Waals surface area contributed by atoms with Crippen LogP contribution in [0.5, 0.6) is 0 Å². The van der Waals surface area contributed by atoms with Crippen molar-refractivity contribution in [1.29, 1.82) is 0 Å². The Bertz CT molecular complexity index is 813. The average molecular weight is 388 g/mol. The number of Topliss-reactive ketones (excluding diaryl/α,β-unsaturated/α-hetero) is 1. The maximum absolute atomic E-state index is 12.5. The highest BCUT2D eigenvalue weighted by Gasteiger charge is 2.23. The van der Waals surface area contributed by atoms with Gasteiger partial charge in [-0.3, -0.25) is 9.59 Å². The summed E-state index contributed by atoms with van der Waals surface area (Å²) in [5.74, 6) is 0.693. The van der Waals surface area contributed by atoms with Crippen LogP contribution in [0.15, 0.2) is 29.4 Å². The molecule has 0 saturated carbocycles. The molecule has 1 aromatic carbocycles. The molecule has 144 valence electrons. The van der Waals surface area contributed by atoms with Gasteiger partial charge >= 0.3 is 0 Å². The van der Waals surface area contributed by atoms with Gasteiger partial charge < -0.3 is 14.6 Å². The Morgan fingerprint density at radius 3 is 2.70 bits per heavy atom. The lowest BCUT2D eigenvalue weighted by atomic mass is 10.1. The molecule has 27 heavy (non-hydrogen) atoms. The molecule has 2 aromatic rings. The number of carbonyl (C=O) groups is 2. The van der Waals surface area contributed by atoms with Gasteiger partial charge in [-0.15, -0.1) is 10.2 Å². The molecule has 1 aliphatic heterocycles. The molecule has 2 heterocycles. The number of aromatic nitrogens is 3. The predicted octanol–water partition coefficient (Wildman–Crippen LogP) is 3.09. The van der Waals surface area contributed by atoms with E-state index in [4.69, 9.17) is 4.74 Å². The van der Waals surface area contributed by atoms with Gasteiger partial charge in [-0.05, 0) is 57.9 Å². The van der Waals surface area contributed by atoms with E-state index in [-0.39, 0.29) is 23.0 Å². The number of thioether (sulfide) groups is 1. The van der Waals surface area contributed by atoms with E-state index in [2.05, 4.69) is 15.5 Å². The molecule has 0 unspecified atom stereocenters. The zero-order valence-corrected chi connectivity index (χ0v) is 16.6. The molecule has 7 nitrogen and oxygen atoms in total. The van der Waals surface area contributed by atoms with E-state index >= 15 is 0 Å². The van der Waals surface area contributed by atoms with Crippen molar-refractivity contribution >= 4 is 29.1 Å². The van der Waals surface area contributed by atoms with E-state index in [1.165, 1.54) is 18.7 Å². The van der Waals surface area contributed by atoms with Crippen molar-refractivity contribution in [3.05, 3.63) is 35.7 Å². The molecule has 0 aliphatic carbocycles. The normalized spacial score (nSPS) is 17.7. The number of ketones is 1. The van der Waals surface area contributed by atoms with Crippen LogP contribution in [0.3, 0.4) is 0 Å². The molecule has 1 amide bonds. The summed E-state index contributed by atoms with van der Waals surface area (Å²) in [7, 11) is 0. The van der Waals surface area contributed by atoms with E-state index < -0.39 is 0 Å². The summed E-state index contributed by atoms with van der Waals surface area (Å²) in [5.41, 5.74) is 1.28. The lowest BCUT2D eigenvalue weighted by Gasteiger charge is -2.15. The van der Waals surface area contributed by atoms with Gasteiger partial charge in [0.2, 0.25) is 5.91 Å². The maximum Gasteiger partial charge on any atom is 0.237 e. The Morgan fingerprint density at radius 2 is 2.07 bits per heavy atom. The summed E-state index contributed by atoms with van der Waals surface area (Å²) in [5, 5.41) is 11.6. The average Bonchev–Trinajstić information content (AvgIpc) is 3.27. The molecule has 0 spiro atoms. The summed E-state index contributed by atoms with van der Waals surface area (Å²) >= 11 is 1.38. The third-order valence-corrected chi connectivity index (χ3v) is 5.60. The number of hydrogen-bond acceptors (Lipinski definition) is 6. The van der Waals surface area contributed by atoms with Crippen LogP contribution < -0.4 is 5.32 Å². The Hall–Kier alpha value is -2.19. The molecule has 0 bridgehead atoms. The van der Waals surface area contributed by atoms with Crippen molar-refractivity contribution in [2.24, 2.45) is 0 Å². The van der Waals surface area contributed by atoms with Crippen LogP contribution in [0.25, 0.3) is 0 Å². The van der Waals surface area contributed by atoms with Gasteiger partial charge in [-0.25, -0.2) is 0 Å². The number of hydrogen-bond donors (Lipinski definition) is 1. The van der Waals surface area contributed by atoms with Crippen LogP contribution in [0, 0.1) is 6.92 Å². The van der Waals surface area contributed by atoms with Gasteiger partial charge in [0.05, 0.1) is 17.9 Å². The Morgan fingerprint density at radius 1 is 1.33 bits per heavy atom. The van der Waals surface area contributed by atoms with Crippen molar-refractivity contribution in [2.45, 2.75) is 56.7 Å². The summed E-state index contributed by atoms with van der Waals surface area (Å²) in [6.45, 7) is 6.77. The summed E-state index contributed by atoms with van der Waals surface area (Å²) < 4.78 is 7.73. The van der Waals surface area contributed by atoms with Crippen molar-refractivity contribution in [1.82, 2.24) is 14.8 Å². The SMILES string of the molecule is CC(=O)c1ccc(NC(=O)[C@@H](C)Sc2nnc(C)n2C[C@H]2CCCO2)cc1. The number of nitrogens with zero attached hydrogens (tertiary/aromatic N) is 3. The number of rotatable bonds is 7. The smallest absolute Gasteiger partial charge is 0.237 e. The van der Waals surface area contributed by atoms with E-state index in [0.29, 0.717) is 17.8 Å². The van der Waals surface area contributed by atoms with Gasteiger partial charge in [0.25, 0.3) is 0 Å². The maximum atomic E-state index is 12.5. The quantitative estimate of drug-likeness (QED) is 0.579. The van der Waals surface area contributed by atoms with Gasteiger partial charge in [-0.2, -0.15) is 0 Å². The molecule has 0 radical (unpaired) electrons. The fourth-order valence-corrected chi connectivity index (χ4v) is 3.80. The third kappa shape index (κ3) is 4.95. The van der Waals surface area contributed by atoms with E-state index in [1.807, 2.05) is 18.4 Å². The molecule has 1 N–H and O–H groups in total. The first-order valence-electron chi connectivity index (χ1n) is 9.04. The lowest BCUT2D eigenvalue weighted by molar-refractivity contribution is -0.115. The highest BCUT2D eigenvalue weighted by atomic mass is 32.2. The number of nitrogens with one attached hydrogen (secondary N) is 1. The minimum absolute atomic E-state index is 0.00208. The van der Waals surface area contributed by atoms with Gasteiger partial charge in [0.1, 0.15) is 5.82 Å². The van der Waals surface area contributed by atoms with Gasteiger partial charge in [0, 0.05) is 17.9 Å². The first-order chi connectivity index (χ1) is 12.9. The standard InChI is InChI=1S/C19H24N4O3S/c1-12(24)15-6-8-16(9-7-15)20-18(25)13(2)27-19-22-21-14(3)23(19)11-17-5-4-10-26-17/h6-9,13,17H,4-5,10-11H2,1-3H3,(H,20,25)/t13-,17-/m1/s1. The molecule has 2 atom stereocenters. The second kappa shape index (κ2) is 8.67. The molecule has 1 saturated heterocycles. The van der Waals surface area contributed by atoms with Crippen LogP contribution in [0.1, 0.15) is 42.9 Å². The largest absolute Gasteiger partial charge is 0.376 e. The summed E-state index contributed by atoms with van der Waals surface area (Å²) in [6.07, 6.45) is 2.30. The number of benzene rings is 1. The number of ether oxygens (including phenoxy) is 1. The van der Waals surface area contributed by atoms with Crippen LogP contribution >= 0.6 is 11.8 Å². The van der Waals surface area contributed by atoms with E-state index in [0.717, 1.165) is 30.4 Å². The Kier molecular flexibility index (Phi) is 6.28. The topological polar surface area (TPSA) is 86.1 Å². The molecular weight excluding hydrogens is 364 g/mol. The fourth-order valence-electron chi connectivity index (χ4n) is 2.89. The molecular formula is C19H24N4O3S. The first kappa shape index (κ1) is 19.6. The minimum Gasteiger partial charge on any atom is -0.376 e. The fraction of sp³-hybridized carbons (Fsp3) is 0.474. The molecule has 8 heteroatoms. The second-order valence-corrected chi connectivity index (χ2v) is 7.97. The van der Waals surface area contributed by atoms with Crippen molar-refractivity contribution in [3.8, 4) is 0 Å². The molecule has 1 aliphatic rings.